The Morgan fingerprint density at radius 3 is 3.00 bits per heavy atom. The smallest absolute Gasteiger partial charge is 0.242 e. The summed E-state index contributed by atoms with van der Waals surface area (Å²) >= 11 is 1.64. The van der Waals surface area contributed by atoms with E-state index in [0.717, 1.165) is 24.1 Å². The Kier molecular flexibility index (Phi) is 5.99. The van der Waals surface area contributed by atoms with E-state index in [1.165, 1.54) is 0 Å². The first-order valence-corrected chi connectivity index (χ1v) is 8.27. The Morgan fingerprint density at radius 2 is 2.29 bits per heavy atom. The number of nitrogens with zero attached hydrogens (tertiary/aromatic N) is 2. The van der Waals surface area contributed by atoms with Crippen molar-refractivity contribution in [3.63, 3.8) is 0 Å². The third-order valence-corrected chi connectivity index (χ3v) is 4.49. The Bertz CT molecular complexity index is 484. The predicted molar refractivity (Wildman–Crippen MR) is 85.0 cm³/mol. The fourth-order valence-electron chi connectivity index (χ4n) is 2.47. The molecule has 1 aliphatic heterocycles. The topological polar surface area (TPSA) is 40.6 Å². The van der Waals surface area contributed by atoms with E-state index >= 15 is 0 Å². The van der Waals surface area contributed by atoms with Crippen molar-refractivity contribution in [2.45, 2.75) is 32.2 Å². The maximum Gasteiger partial charge on any atom is 0.242 e. The maximum absolute atomic E-state index is 12.5. The highest BCUT2D eigenvalue weighted by Gasteiger charge is 2.22. The van der Waals surface area contributed by atoms with Crippen LogP contribution in [0.1, 0.15) is 30.6 Å². The lowest BCUT2D eigenvalue weighted by Crippen LogP contribution is -2.42. The second-order valence-electron chi connectivity index (χ2n) is 5.27. The van der Waals surface area contributed by atoms with E-state index in [0.29, 0.717) is 26.1 Å². The van der Waals surface area contributed by atoms with Gasteiger partial charge < -0.3 is 9.80 Å². The van der Waals surface area contributed by atoms with Crippen LogP contribution < -0.4 is 0 Å². The SMILES string of the molecule is C=CCN(Cc1cccs1)C(=O)CN1CCCCCC1=O. The first kappa shape index (κ1) is 15.8. The molecule has 1 aliphatic rings. The van der Waals surface area contributed by atoms with Crippen LogP contribution in [0.5, 0.6) is 0 Å². The summed E-state index contributed by atoms with van der Waals surface area (Å²) in [5.74, 6) is 0.106. The number of likely N-dealkylation sites (tertiary alicyclic amines) is 1. The highest BCUT2D eigenvalue weighted by Crippen LogP contribution is 2.14. The fraction of sp³-hybridized carbons (Fsp3) is 0.500. The van der Waals surface area contributed by atoms with E-state index in [1.54, 1.807) is 27.2 Å². The molecule has 0 radical (unpaired) electrons. The van der Waals surface area contributed by atoms with Gasteiger partial charge in [-0.25, -0.2) is 0 Å². The zero-order valence-electron chi connectivity index (χ0n) is 12.3. The minimum absolute atomic E-state index is 0.00134. The molecule has 0 N–H and O–H groups in total. The molecule has 0 spiro atoms. The van der Waals surface area contributed by atoms with Crippen molar-refractivity contribution in [2.75, 3.05) is 19.6 Å². The standard InChI is InChI=1S/C16H22N2O2S/c1-2-9-17(12-14-7-6-11-21-14)16(20)13-18-10-5-3-4-8-15(18)19/h2,6-7,11H,1,3-5,8-10,12-13H2. The Hall–Kier alpha value is -1.62. The molecule has 1 aromatic rings. The number of rotatable bonds is 6. The minimum Gasteiger partial charge on any atom is -0.333 e. The maximum atomic E-state index is 12.5. The first-order valence-electron chi connectivity index (χ1n) is 7.39. The molecule has 0 aromatic carbocycles. The normalized spacial score (nSPS) is 15.6. The molecule has 0 saturated carbocycles. The minimum atomic E-state index is -0.00134. The van der Waals surface area contributed by atoms with Gasteiger partial charge >= 0.3 is 0 Å². The van der Waals surface area contributed by atoms with Gasteiger partial charge in [-0.05, 0) is 24.3 Å². The largest absolute Gasteiger partial charge is 0.333 e. The second-order valence-corrected chi connectivity index (χ2v) is 6.30. The highest BCUT2D eigenvalue weighted by molar-refractivity contribution is 7.09. The van der Waals surface area contributed by atoms with Crippen LogP contribution >= 0.6 is 11.3 Å². The van der Waals surface area contributed by atoms with Gasteiger partial charge in [0.25, 0.3) is 0 Å². The van der Waals surface area contributed by atoms with Crippen LogP contribution in [-0.2, 0) is 16.1 Å². The van der Waals surface area contributed by atoms with E-state index in [9.17, 15) is 9.59 Å². The third kappa shape index (κ3) is 4.70. The van der Waals surface area contributed by atoms with Crippen molar-refractivity contribution < 1.29 is 9.59 Å². The van der Waals surface area contributed by atoms with Crippen molar-refractivity contribution >= 4 is 23.2 Å². The highest BCUT2D eigenvalue weighted by atomic mass is 32.1. The van der Waals surface area contributed by atoms with Gasteiger partial charge in [0.2, 0.25) is 11.8 Å². The number of amides is 2. The number of hydrogen-bond acceptors (Lipinski definition) is 3. The lowest BCUT2D eigenvalue weighted by Gasteiger charge is -2.25. The molecular formula is C16H22N2O2S. The quantitative estimate of drug-likeness (QED) is 0.758. The van der Waals surface area contributed by atoms with Gasteiger partial charge in [-0.1, -0.05) is 18.6 Å². The van der Waals surface area contributed by atoms with Crippen molar-refractivity contribution in [1.82, 2.24) is 9.80 Å². The summed E-state index contributed by atoms with van der Waals surface area (Å²) in [6.07, 6.45) is 5.30. The summed E-state index contributed by atoms with van der Waals surface area (Å²) in [6, 6.07) is 4.00. The van der Waals surface area contributed by atoms with E-state index in [-0.39, 0.29) is 18.4 Å². The Labute approximate surface area is 130 Å². The molecule has 0 aliphatic carbocycles. The fourth-order valence-corrected chi connectivity index (χ4v) is 3.19. The van der Waals surface area contributed by atoms with E-state index < -0.39 is 0 Å². The number of hydrogen-bond donors (Lipinski definition) is 0. The predicted octanol–water partition coefficient (Wildman–Crippen LogP) is 2.67. The van der Waals surface area contributed by atoms with E-state index in [1.807, 2.05) is 17.5 Å². The molecule has 0 unspecified atom stereocenters. The molecule has 4 nitrogen and oxygen atoms in total. The summed E-state index contributed by atoms with van der Waals surface area (Å²) in [5.41, 5.74) is 0. The lowest BCUT2D eigenvalue weighted by molar-refractivity contribution is -0.140. The molecule has 2 heterocycles. The van der Waals surface area contributed by atoms with Gasteiger partial charge in [0.15, 0.2) is 0 Å². The van der Waals surface area contributed by atoms with Crippen molar-refractivity contribution in [2.24, 2.45) is 0 Å². The molecular weight excluding hydrogens is 284 g/mol. The molecule has 114 valence electrons. The number of thiophene rings is 1. The lowest BCUT2D eigenvalue weighted by atomic mass is 10.2. The van der Waals surface area contributed by atoms with Crippen LogP contribution in [-0.4, -0.2) is 41.2 Å². The van der Waals surface area contributed by atoms with Gasteiger partial charge in [-0.2, -0.15) is 0 Å². The molecule has 1 saturated heterocycles. The van der Waals surface area contributed by atoms with Gasteiger partial charge in [0.05, 0.1) is 13.1 Å². The van der Waals surface area contributed by atoms with Gasteiger partial charge in [0.1, 0.15) is 0 Å². The number of carbonyl (C=O) groups excluding carboxylic acids is 2. The molecule has 21 heavy (non-hydrogen) atoms. The molecule has 1 aromatic heterocycles. The summed E-state index contributed by atoms with van der Waals surface area (Å²) < 4.78 is 0. The number of carbonyl (C=O) groups is 2. The summed E-state index contributed by atoms with van der Waals surface area (Å²) in [4.78, 5) is 29.1. The molecule has 0 atom stereocenters. The monoisotopic (exact) mass is 306 g/mol. The molecule has 2 amide bonds. The van der Waals surface area contributed by atoms with Crippen LogP contribution in [0, 0.1) is 0 Å². The van der Waals surface area contributed by atoms with Crippen LogP contribution in [0.2, 0.25) is 0 Å². The zero-order valence-corrected chi connectivity index (χ0v) is 13.1. The van der Waals surface area contributed by atoms with Crippen molar-refractivity contribution in [3.05, 3.63) is 35.0 Å². The third-order valence-electron chi connectivity index (χ3n) is 3.63. The Balaban J connectivity index is 1.96. The van der Waals surface area contributed by atoms with Gasteiger partial charge in [-0.3, -0.25) is 9.59 Å². The molecule has 0 bridgehead atoms. The van der Waals surface area contributed by atoms with Gasteiger partial charge in [0, 0.05) is 24.4 Å². The van der Waals surface area contributed by atoms with E-state index in [2.05, 4.69) is 6.58 Å². The van der Waals surface area contributed by atoms with Crippen molar-refractivity contribution in [3.8, 4) is 0 Å². The van der Waals surface area contributed by atoms with Crippen LogP contribution in [0.4, 0.5) is 0 Å². The van der Waals surface area contributed by atoms with Gasteiger partial charge in [-0.15, -0.1) is 17.9 Å². The van der Waals surface area contributed by atoms with Crippen LogP contribution in [0.25, 0.3) is 0 Å². The molecule has 2 rings (SSSR count). The summed E-state index contributed by atoms with van der Waals surface area (Å²) in [5, 5.41) is 2.00. The average Bonchev–Trinajstić information content (AvgIpc) is 2.90. The van der Waals surface area contributed by atoms with E-state index in [4.69, 9.17) is 0 Å². The van der Waals surface area contributed by atoms with Crippen LogP contribution in [0.15, 0.2) is 30.2 Å². The van der Waals surface area contributed by atoms with Crippen molar-refractivity contribution in [1.29, 1.82) is 0 Å². The average molecular weight is 306 g/mol. The summed E-state index contributed by atoms with van der Waals surface area (Å²) in [6.45, 7) is 5.71. The summed E-state index contributed by atoms with van der Waals surface area (Å²) in [7, 11) is 0. The Morgan fingerprint density at radius 1 is 1.43 bits per heavy atom. The van der Waals surface area contributed by atoms with Crippen LogP contribution in [0.3, 0.4) is 0 Å². The zero-order chi connectivity index (χ0) is 15.1. The second kappa shape index (κ2) is 7.98. The molecule has 5 heteroatoms. The first-order chi connectivity index (χ1) is 10.2. The molecule has 1 fully saturated rings.